The van der Waals surface area contributed by atoms with E-state index in [1.807, 2.05) is 18.9 Å². The molecule has 1 aromatic rings. The van der Waals surface area contributed by atoms with Crippen molar-refractivity contribution in [3.8, 4) is 0 Å². The molecule has 1 aliphatic rings. The Balaban J connectivity index is 0.00000288. The smallest absolute Gasteiger partial charge is 0.255 e. The predicted octanol–water partition coefficient (Wildman–Crippen LogP) is 2.56. The van der Waals surface area contributed by atoms with Gasteiger partial charge in [-0.2, -0.15) is 0 Å². The van der Waals surface area contributed by atoms with E-state index in [0.29, 0.717) is 48.3 Å². The number of hydrogen-bond donors (Lipinski definition) is 1. The van der Waals surface area contributed by atoms with Gasteiger partial charge < -0.3 is 15.1 Å². The minimum Gasteiger partial charge on any atom is -0.339 e. The second kappa shape index (κ2) is 9.47. The van der Waals surface area contributed by atoms with E-state index in [0.717, 1.165) is 0 Å². The zero-order valence-electron chi connectivity index (χ0n) is 13.7. The van der Waals surface area contributed by atoms with Gasteiger partial charge in [-0.1, -0.05) is 30.1 Å². The van der Waals surface area contributed by atoms with Gasteiger partial charge in [-0.25, -0.2) is 0 Å². The molecule has 1 N–H and O–H groups in total. The number of benzene rings is 1. The van der Waals surface area contributed by atoms with Crippen molar-refractivity contribution in [2.24, 2.45) is 5.92 Å². The summed E-state index contributed by atoms with van der Waals surface area (Å²) in [6.45, 7) is 4.67. The van der Waals surface area contributed by atoms with E-state index < -0.39 is 0 Å². The lowest BCUT2D eigenvalue weighted by molar-refractivity contribution is -0.136. The molecule has 0 aromatic heterocycles. The molecule has 134 valence electrons. The van der Waals surface area contributed by atoms with Crippen molar-refractivity contribution in [1.82, 2.24) is 15.1 Å². The van der Waals surface area contributed by atoms with Crippen molar-refractivity contribution >= 4 is 47.4 Å². The lowest BCUT2D eigenvalue weighted by atomic mass is 10.1. The fourth-order valence-corrected chi connectivity index (χ4v) is 3.16. The van der Waals surface area contributed by atoms with Crippen LogP contribution in [0.1, 0.15) is 17.3 Å². The van der Waals surface area contributed by atoms with E-state index >= 15 is 0 Å². The molecule has 8 heteroatoms. The van der Waals surface area contributed by atoms with E-state index in [4.69, 9.17) is 23.2 Å². The Morgan fingerprint density at radius 3 is 2.29 bits per heavy atom. The highest BCUT2D eigenvalue weighted by atomic mass is 35.5. The van der Waals surface area contributed by atoms with Crippen LogP contribution in [0.3, 0.4) is 0 Å². The molecule has 0 spiro atoms. The number of nitrogens with one attached hydrogen (secondary N) is 1. The number of amides is 2. The second-order valence-corrected chi connectivity index (χ2v) is 6.54. The van der Waals surface area contributed by atoms with E-state index in [9.17, 15) is 9.59 Å². The largest absolute Gasteiger partial charge is 0.339 e. The van der Waals surface area contributed by atoms with Gasteiger partial charge >= 0.3 is 0 Å². The Hall–Kier alpha value is -1.01. The van der Waals surface area contributed by atoms with Crippen LogP contribution in [-0.4, -0.2) is 61.4 Å². The van der Waals surface area contributed by atoms with Crippen LogP contribution in [0.15, 0.2) is 18.2 Å². The first-order valence-electron chi connectivity index (χ1n) is 7.61. The molecule has 1 aromatic carbocycles. The van der Waals surface area contributed by atoms with Gasteiger partial charge in [-0.3, -0.25) is 9.59 Å². The first-order valence-corrected chi connectivity index (χ1v) is 8.37. The summed E-state index contributed by atoms with van der Waals surface area (Å²) in [6, 6.07) is 4.86. The van der Waals surface area contributed by atoms with Gasteiger partial charge in [0.2, 0.25) is 5.91 Å². The van der Waals surface area contributed by atoms with Gasteiger partial charge in [0.05, 0.1) is 10.6 Å². The Bertz CT molecular complexity index is 590. The standard InChI is InChI=1S/C16H21Cl2N3O2.ClH/c1-11(10-19-2)15(22)20-5-7-21(8-6-20)16(23)13-4-3-12(17)9-14(13)18;/h3-4,9,11,19H,5-8,10H2,1-2H3;1H. The molecule has 2 amide bonds. The number of rotatable bonds is 4. The minimum atomic E-state index is -0.123. The topological polar surface area (TPSA) is 52.7 Å². The van der Waals surface area contributed by atoms with Gasteiger partial charge in [0, 0.05) is 43.7 Å². The third kappa shape index (κ3) is 4.99. The third-order valence-corrected chi connectivity index (χ3v) is 4.52. The number of carbonyl (C=O) groups excluding carboxylic acids is 2. The molecule has 0 saturated carbocycles. The van der Waals surface area contributed by atoms with E-state index in [1.165, 1.54) is 0 Å². The molecular formula is C16H22Cl3N3O2. The predicted molar refractivity (Wildman–Crippen MR) is 99.3 cm³/mol. The normalized spacial score (nSPS) is 15.7. The maximum absolute atomic E-state index is 12.5. The highest BCUT2D eigenvalue weighted by Crippen LogP contribution is 2.23. The molecule has 0 bridgehead atoms. The van der Waals surface area contributed by atoms with Gasteiger partial charge in [-0.05, 0) is 25.2 Å². The quantitative estimate of drug-likeness (QED) is 0.854. The molecular weight excluding hydrogens is 373 g/mol. The van der Waals surface area contributed by atoms with Crippen LogP contribution in [0, 0.1) is 5.92 Å². The fourth-order valence-electron chi connectivity index (χ4n) is 2.67. The lowest BCUT2D eigenvalue weighted by Gasteiger charge is -2.36. The average molecular weight is 395 g/mol. The number of nitrogens with zero attached hydrogens (tertiary/aromatic N) is 2. The Labute approximate surface area is 158 Å². The minimum absolute atomic E-state index is 0. The summed E-state index contributed by atoms with van der Waals surface area (Å²) in [4.78, 5) is 28.3. The second-order valence-electron chi connectivity index (χ2n) is 5.70. The van der Waals surface area contributed by atoms with Gasteiger partial charge in [0.1, 0.15) is 0 Å². The van der Waals surface area contributed by atoms with Crippen LogP contribution in [0.2, 0.25) is 10.0 Å². The van der Waals surface area contributed by atoms with Gasteiger partial charge in [-0.15, -0.1) is 12.4 Å². The number of piperazine rings is 1. The summed E-state index contributed by atoms with van der Waals surface area (Å²) in [5.74, 6) is -0.0639. The summed E-state index contributed by atoms with van der Waals surface area (Å²) >= 11 is 12.0. The molecule has 2 rings (SSSR count). The first kappa shape index (κ1) is 21.0. The van der Waals surface area contributed by atoms with Crippen LogP contribution in [0.4, 0.5) is 0 Å². The molecule has 1 atom stereocenters. The fraction of sp³-hybridized carbons (Fsp3) is 0.500. The van der Waals surface area contributed by atoms with Crippen molar-refractivity contribution in [1.29, 1.82) is 0 Å². The number of halogens is 3. The molecule has 1 heterocycles. The summed E-state index contributed by atoms with van der Waals surface area (Å²) in [6.07, 6.45) is 0. The van der Waals surface area contributed by atoms with Crippen molar-refractivity contribution < 1.29 is 9.59 Å². The Morgan fingerprint density at radius 2 is 1.75 bits per heavy atom. The summed E-state index contributed by atoms with van der Waals surface area (Å²) in [5, 5.41) is 3.86. The monoisotopic (exact) mass is 393 g/mol. The molecule has 1 fully saturated rings. The lowest BCUT2D eigenvalue weighted by Crippen LogP contribution is -2.52. The Kier molecular flexibility index (Phi) is 8.30. The van der Waals surface area contributed by atoms with Crippen molar-refractivity contribution in [2.75, 3.05) is 39.8 Å². The third-order valence-electron chi connectivity index (χ3n) is 3.97. The highest BCUT2D eigenvalue weighted by molar-refractivity contribution is 6.36. The first-order chi connectivity index (χ1) is 10.9. The average Bonchev–Trinajstić information content (AvgIpc) is 2.54. The van der Waals surface area contributed by atoms with Crippen LogP contribution in [-0.2, 0) is 4.79 Å². The molecule has 5 nitrogen and oxygen atoms in total. The van der Waals surface area contributed by atoms with Crippen molar-refractivity contribution in [3.05, 3.63) is 33.8 Å². The van der Waals surface area contributed by atoms with Crippen molar-refractivity contribution in [2.45, 2.75) is 6.92 Å². The summed E-state index contributed by atoms with van der Waals surface area (Å²) < 4.78 is 0. The zero-order chi connectivity index (χ0) is 17.0. The van der Waals surface area contributed by atoms with E-state index in [2.05, 4.69) is 5.32 Å². The number of hydrogen-bond acceptors (Lipinski definition) is 3. The van der Waals surface area contributed by atoms with Crippen LogP contribution in [0.5, 0.6) is 0 Å². The van der Waals surface area contributed by atoms with Crippen molar-refractivity contribution in [3.63, 3.8) is 0 Å². The molecule has 0 radical (unpaired) electrons. The molecule has 1 aliphatic heterocycles. The maximum Gasteiger partial charge on any atom is 0.255 e. The number of carbonyl (C=O) groups is 2. The molecule has 24 heavy (non-hydrogen) atoms. The van der Waals surface area contributed by atoms with Gasteiger partial charge in [0.15, 0.2) is 0 Å². The van der Waals surface area contributed by atoms with Crippen LogP contribution in [0.25, 0.3) is 0 Å². The van der Waals surface area contributed by atoms with E-state index in [1.54, 1.807) is 23.1 Å². The highest BCUT2D eigenvalue weighted by Gasteiger charge is 2.27. The van der Waals surface area contributed by atoms with Crippen LogP contribution < -0.4 is 5.32 Å². The molecule has 0 aliphatic carbocycles. The summed E-state index contributed by atoms with van der Waals surface area (Å²) in [7, 11) is 1.83. The maximum atomic E-state index is 12.5. The molecule has 1 saturated heterocycles. The zero-order valence-corrected chi connectivity index (χ0v) is 16.0. The Morgan fingerprint density at radius 1 is 1.17 bits per heavy atom. The van der Waals surface area contributed by atoms with E-state index in [-0.39, 0.29) is 30.1 Å². The van der Waals surface area contributed by atoms with Crippen LogP contribution >= 0.6 is 35.6 Å². The molecule has 1 unspecified atom stereocenters. The SMILES string of the molecule is CNCC(C)C(=O)N1CCN(C(=O)c2ccc(Cl)cc2Cl)CC1.Cl. The van der Waals surface area contributed by atoms with Gasteiger partial charge in [0.25, 0.3) is 5.91 Å². The summed E-state index contributed by atoms with van der Waals surface area (Å²) in [5.41, 5.74) is 0.444.